The Balaban J connectivity index is 2.41. The van der Waals surface area contributed by atoms with Crippen molar-refractivity contribution in [3.63, 3.8) is 0 Å². The number of carbonyl (C=O) groups is 1. The maximum atomic E-state index is 13.4. The normalized spacial score (nSPS) is 24.4. The molecule has 2 rings (SSSR count). The van der Waals surface area contributed by atoms with Crippen molar-refractivity contribution in [2.45, 2.75) is 31.8 Å². The fourth-order valence-corrected chi connectivity index (χ4v) is 2.75. The summed E-state index contributed by atoms with van der Waals surface area (Å²) in [6.07, 6.45) is 1.07. The summed E-state index contributed by atoms with van der Waals surface area (Å²) in [5.74, 6) is -0.344. The summed E-state index contributed by atoms with van der Waals surface area (Å²) in [5.41, 5.74) is 6.75. The van der Waals surface area contributed by atoms with Crippen LogP contribution in [-0.2, 0) is 4.79 Å². The van der Waals surface area contributed by atoms with Crippen LogP contribution in [0.2, 0.25) is 5.02 Å². The van der Waals surface area contributed by atoms with Crippen LogP contribution in [0.1, 0.15) is 31.4 Å². The van der Waals surface area contributed by atoms with Crippen LogP contribution in [0.15, 0.2) is 18.2 Å². The highest BCUT2D eigenvalue weighted by Gasteiger charge is 2.34. The van der Waals surface area contributed by atoms with Crippen molar-refractivity contribution >= 4 is 17.5 Å². The molecule has 2 unspecified atom stereocenters. The Labute approximate surface area is 111 Å². The first-order valence-corrected chi connectivity index (χ1v) is 6.41. The highest BCUT2D eigenvalue weighted by molar-refractivity contribution is 6.30. The zero-order chi connectivity index (χ0) is 13.3. The second-order valence-electron chi connectivity index (χ2n) is 4.53. The molecule has 1 aromatic rings. The fourth-order valence-electron chi connectivity index (χ4n) is 2.52. The molecule has 1 aliphatic heterocycles. The molecule has 5 heteroatoms. The van der Waals surface area contributed by atoms with Gasteiger partial charge in [0.15, 0.2) is 0 Å². The molecule has 0 saturated carbocycles. The lowest BCUT2D eigenvalue weighted by atomic mass is 9.90. The molecule has 1 amide bonds. The van der Waals surface area contributed by atoms with Gasteiger partial charge in [0.1, 0.15) is 5.82 Å². The van der Waals surface area contributed by atoms with Crippen molar-refractivity contribution in [1.29, 1.82) is 0 Å². The molecule has 3 nitrogen and oxygen atoms in total. The second-order valence-corrected chi connectivity index (χ2v) is 4.97. The van der Waals surface area contributed by atoms with Gasteiger partial charge in [-0.1, -0.05) is 11.6 Å². The molecule has 2 atom stereocenters. The number of halogens is 2. The maximum absolute atomic E-state index is 13.4. The molecular formula is C13H16ClFN2O. The van der Waals surface area contributed by atoms with Crippen LogP contribution in [0.3, 0.4) is 0 Å². The van der Waals surface area contributed by atoms with E-state index in [-0.39, 0.29) is 18.0 Å². The Morgan fingerprint density at radius 3 is 2.83 bits per heavy atom. The van der Waals surface area contributed by atoms with Crippen LogP contribution in [0.4, 0.5) is 4.39 Å². The van der Waals surface area contributed by atoms with Crippen molar-refractivity contribution in [3.05, 3.63) is 34.6 Å². The van der Waals surface area contributed by atoms with Gasteiger partial charge < -0.3 is 10.6 Å². The number of nitrogens with zero attached hydrogens (tertiary/aromatic N) is 1. The largest absolute Gasteiger partial charge is 0.334 e. The number of carbonyl (C=O) groups excluding carboxylic acids is 1. The average Bonchev–Trinajstić information content (AvgIpc) is 2.30. The molecule has 18 heavy (non-hydrogen) atoms. The van der Waals surface area contributed by atoms with Crippen LogP contribution in [0.5, 0.6) is 0 Å². The molecule has 98 valence electrons. The van der Waals surface area contributed by atoms with Gasteiger partial charge in [0.2, 0.25) is 5.91 Å². The minimum atomic E-state index is -0.404. The fraction of sp³-hybridized carbons (Fsp3) is 0.462. The topological polar surface area (TPSA) is 46.3 Å². The van der Waals surface area contributed by atoms with E-state index < -0.39 is 5.82 Å². The molecule has 0 spiro atoms. The van der Waals surface area contributed by atoms with Gasteiger partial charge in [0, 0.05) is 24.0 Å². The van der Waals surface area contributed by atoms with Gasteiger partial charge in [-0.2, -0.15) is 0 Å². The lowest BCUT2D eigenvalue weighted by Crippen LogP contribution is -2.48. The number of hydrogen-bond acceptors (Lipinski definition) is 2. The zero-order valence-electron chi connectivity index (χ0n) is 10.2. The number of amides is 1. The number of nitrogens with two attached hydrogens (primary N) is 1. The van der Waals surface area contributed by atoms with Crippen molar-refractivity contribution in [3.8, 4) is 0 Å². The van der Waals surface area contributed by atoms with E-state index in [9.17, 15) is 9.18 Å². The Hall–Kier alpha value is -1.13. The Morgan fingerprint density at radius 2 is 2.22 bits per heavy atom. The summed E-state index contributed by atoms with van der Waals surface area (Å²) in [7, 11) is 0. The highest BCUT2D eigenvalue weighted by atomic mass is 35.5. The lowest BCUT2D eigenvalue weighted by Gasteiger charge is -2.39. The van der Waals surface area contributed by atoms with Crippen molar-refractivity contribution in [2.75, 3.05) is 6.54 Å². The molecule has 1 aromatic carbocycles. The zero-order valence-corrected chi connectivity index (χ0v) is 11.0. The summed E-state index contributed by atoms with van der Waals surface area (Å²) in [6, 6.07) is 3.86. The van der Waals surface area contributed by atoms with Gasteiger partial charge in [-0.05, 0) is 37.1 Å². The molecular weight excluding hydrogens is 255 g/mol. The molecule has 1 fully saturated rings. The van der Waals surface area contributed by atoms with Gasteiger partial charge in [-0.15, -0.1) is 0 Å². The smallest absolute Gasteiger partial charge is 0.223 e. The second kappa shape index (κ2) is 5.24. The van der Waals surface area contributed by atoms with Crippen LogP contribution >= 0.6 is 11.6 Å². The van der Waals surface area contributed by atoms with Crippen molar-refractivity contribution < 1.29 is 9.18 Å². The van der Waals surface area contributed by atoms with E-state index >= 15 is 0 Å². The molecule has 0 aromatic heterocycles. The molecule has 0 radical (unpaired) electrons. The van der Waals surface area contributed by atoms with Gasteiger partial charge in [0.25, 0.3) is 0 Å². The third-order valence-corrected chi connectivity index (χ3v) is 3.54. The first-order valence-electron chi connectivity index (χ1n) is 6.04. The predicted octanol–water partition coefficient (Wildman–Crippen LogP) is 2.49. The monoisotopic (exact) mass is 270 g/mol. The van der Waals surface area contributed by atoms with E-state index in [4.69, 9.17) is 17.3 Å². The minimum Gasteiger partial charge on any atom is -0.334 e. The number of hydrogen-bond donors (Lipinski definition) is 1. The minimum absolute atomic E-state index is 0.0598. The van der Waals surface area contributed by atoms with E-state index in [1.54, 1.807) is 11.0 Å². The molecule has 1 saturated heterocycles. The first-order chi connectivity index (χ1) is 8.52. The Morgan fingerprint density at radius 1 is 1.50 bits per heavy atom. The van der Waals surface area contributed by atoms with Crippen molar-refractivity contribution in [2.24, 2.45) is 5.73 Å². The summed E-state index contributed by atoms with van der Waals surface area (Å²) in [5, 5.41) is 0.325. The van der Waals surface area contributed by atoms with Crippen LogP contribution < -0.4 is 5.73 Å². The Kier molecular flexibility index (Phi) is 3.88. The summed E-state index contributed by atoms with van der Waals surface area (Å²) >= 11 is 5.86. The van der Waals surface area contributed by atoms with E-state index in [2.05, 4.69) is 0 Å². The molecule has 2 N–H and O–H groups in total. The van der Waals surface area contributed by atoms with Crippen LogP contribution in [0.25, 0.3) is 0 Å². The van der Waals surface area contributed by atoms with E-state index in [0.29, 0.717) is 30.0 Å². The predicted molar refractivity (Wildman–Crippen MR) is 68.7 cm³/mol. The van der Waals surface area contributed by atoms with Gasteiger partial charge in [-0.25, -0.2) is 4.39 Å². The summed E-state index contributed by atoms with van der Waals surface area (Å²) < 4.78 is 13.4. The van der Waals surface area contributed by atoms with E-state index in [0.717, 1.165) is 0 Å². The third-order valence-electron chi connectivity index (χ3n) is 3.32. The number of likely N-dealkylation sites (tertiary alicyclic amines) is 1. The third kappa shape index (κ3) is 2.49. The first kappa shape index (κ1) is 13.3. The number of benzene rings is 1. The maximum Gasteiger partial charge on any atom is 0.223 e. The van der Waals surface area contributed by atoms with Crippen LogP contribution in [0, 0.1) is 5.82 Å². The SMILES string of the molecule is CCN1C(=O)CCC(N)C1c1cc(F)cc(Cl)c1. The highest BCUT2D eigenvalue weighted by Crippen LogP contribution is 2.32. The number of piperidine rings is 1. The Bertz CT molecular complexity index is 446. The average molecular weight is 271 g/mol. The molecule has 0 bridgehead atoms. The summed E-state index contributed by atoms with van der Waals surface area (Å²) in [6.45, 7) is 2.45. The van der Waals surface area contributed by atoms with Gasteiger partial charge >= 0.3 is 0 Å². The quantitative estimate of drug-likeness (QED) is 0.897. The number of rotatable bonds is 2. The van der Waals surface area contributed by atoms with Crippen molar-refractivity contribution in [1.82, 2.24) is 4.90 Å². The lowest BCUT2D eigenvalue weighted by molar-refractivity contribution is -0.137. The van der Waals surface area contributed by atoms with Gasteiger partial charge in [0.05, 0.1) is 6.04 Å². The molecule has 0 aliphatic carbocycles. The number of likely N-dealkylation sites (N-methyl/N-ethyl adjacent to an activating group) is 1. The molecule has 1 heterocycles. The molecule has 1 aliphatic rings. The van der Waals surface area contributed by atoms with E-state index in [1.807, 2.05) is 6.92 Å². The van der Waals surface area contributed by atoms with Gasteiger partial charge in [-0.3, -0.25) is 4.79 Å². The van der Waals surface area contributed by atoms with E-state index in [1.165, 1.54) is 12.1 Å². The standard InChI is InChI=1S/C13H16ClFN2O/c1-2-17-12(18)4-3-11(16)13(17)8-5-9(14)7-10(15)6-8/h5-7,11,13H,2-4,16H2,1H3. The van der Waals surface area contributed by atoms with Crippen LogP contribution in [-0.4, -0.2) is 23.4 Å². The summed E-state index contributed by atoms with van der Waals surface area (Å²) in [4.78, 5) is 13.6.